The number of carbonyl (C=O) groups is 1. The molecule has 2 saturated heterocycles. The molecule has 32 heavy (non-hydrogen) atoms. The highest BCUT2D eigenvalue weighted by atomic mass is 16.5. The SMILES string of the molecule is CN1C2CCC1CC(Oc1cc(C(=O)O)nc3c1c(C1CCC1)nn3-c1ccccc1)C2. The van der Waals surface area contributed by atoms with E-state index >= 15 is 0 Å². The Morgan fingerprint density at radius 3 is 2.44 bits per heavy atom. The van der Waals surface area contributed by atoms with E-state index < -0.39 is 5.97 Å². The van der Waals surface area contributed by atoms with Gasteiger partial charge in [-0.25, -0.2) is 14.5 Å². The Morgan fingerprint density at radius 2 is 1.81 bits per heavy atom. The number of piperidine rings is 1. The van der Waals surface area contributed by atoms with Gasteiger partial charge in [0.1, 0.15) is 11.9 Å². The molecule has 1 N–H and O–H groups in total. The fourth-order valence-electron chi connectivity index (χ4n) is 5.66. The summed E-state index contributed by atoms with van der Waals surface area (Å²) < 4.78 is 8.41. The summed E-state index contributed by atoms with van der Waals surface area (Å²) >= 11 is 0. The highest BCUT2D eigenvalue weighted by molar-refractivity contribution is 5.94. The minimum absolute atomic E-state index is 0.000593. The third-order valence-corrected chi connectivity index (χ3v) is 7.69. The maximum Gasteiger partial charge on any atom is 0.354 e. The quantitative estimate of drug-likeness (QED) is 0.644. The van der Waals surface area contributed by atoms with Crippen LogP contribution in [0.5, 0.6) is 5.75 Å². The molecule has 2 atom stereocenters. The second kappa shape index (κ2) is 7.59. The molecule has 1 saturated carbocycles. The first-order valence-corrected chi connectivity index (χ1v) is 11.7. The first kappa shape index (κ1) is 19.7. The maximum atomic E-state index is 11.9. The molecule has 4 heterocycles. The van der Waals surface area contributed by atoms with Gasteiger partial charge in [-0.1, -0.05) is 24.6 Å². The number of hydrogen-bond donors (Lipinski definition) is 1. The standard InChI is InChI=1S/C25H28N4O3/c1-28-17-10-11-18(28)13-19(12-17)32-21-14-20(25(30)31)26-24-22(21)23(15-6-5-7-15)27-29(24)16-8-3-2-4-9-16/h2-4,8-9,14-15,17-19H,5-7,10-13H2,1H3,(H,30,31). The van der Waals surface area contributed by atoms with Crippen molar-refractivity contribution < 1.29 is 14.6 Å². The van der Waals surface area contributed by atoms with Crippen LogP contribution in [-0.2, 0) is 0 Å². The van der Waals surface area contributed by atoms with E-state index in [1.165, 1.54) is 19.3 Å². The summed E-state index contributed by atoms with van der Waals surface area (Å²) in [7, 11) is 2.21. The number of hydrogen-bond acceptors (Lipinski definition) is 5. The molecular weight excluding hydrogens is 404 g/mol. The van der Waals surface area contributed by atoms with Crippen LogP contribution in [0.2, 0.25) is 0 Å². The van der Waals surface area contributed by atoms with Crippen molar-refractivity contribution in [3.63, 3.8) is 0 Å². The van der Waals surface area contributed by atoms with Crippen LogP contribution in [0, 0.1) is 0 Å². The van der Waals surface area contributed by atoms with Crippen LogP contribution in [0.25, 0.3) is 16.7 Å². The fraction of sp³-hybridized carbons (Fsp3) is 0.480. The van der Waals surface area contributed by atoms with E-state index in [2.05, 4.69) is 16.9 Å². The second-order valence-electron chi connectivity index (χ2n) is 9.53. The molecule has 7 heteroatoms. The molecule has 3 aromatic rings. The minimum atomic E-state index is -1.05. The molecule has 0 amide bonds. The zero-order chi connectivity index (χ0) is 21.8. The van der Waals surface area contributed by atoms with Crippen molar-refractivity contribution in [1.29, 1.82) is 0 Å². The van der Waals surface area contributed by atoms with E-state index in [0.717, 1.165) is 42.5 Å². The molecule has 3 aliphatic rings. The number of fused-ring (bicyclic) bond motifs is 3. The summed E-state index contributed by atoms with van der Waals surface area (Å²) in [4.78, 5) is 19.0. The van der Waals surface area contributed by atoms with E-state index in [-0.39, 0.29) is 11.8 Å². The van der Waals surface area contributed by atoms with Crippen molar-refractivity contribution in [2.45, 2.75) is 69.1 Å². The van der Waals surface area contributed by atoms with Gasteiger partial charge in [0, 0.05) is 24.1 Å². The van der Waals surface area contributed by atoms with E-state index in [0.29, 0.717) is 29.4 Å². The predicted octanol–water partition coefficient (Wildman–Crippen LogP) is 4.39. The predicted molar refractivity (Wildman–Crippen MR) is 121 cm³/mol. The van der Waals surface area contributed by atoms with Crippen LogP contribution in [0.1, 0.15) is 67.0 Å². The third-order valence-electron chi connectivity index (χ3n) is 7.69. The number of pyridine rings is 1. The Kier molecular flexibility index (Phi) is 4.68. The van der Waals surface area contributed by atoms with E-state index in [1.807, 2.05) is 30.3 Å². The van der Waals surface area contributed by atoms with Gasteiger partial charge >= 0.3 is 5.97 Å². The molecule has 2 bridgehead atoms. The number of aromatic nitrogens is 3. The van der Waals surface area contributed by atoms with Crippen LogP contribution in [0.3, 0.4) is 0 Å². The van der Waals surface area contributed by atoms with Crippen molar-refractivity contribution in [2.24, 2.45) is 0 Å². The molecule has 6 rings (SSSR count). The van der Waals surface area contributed by atoms with Crippen LogP contribution >= 0.6 is 0 Å². The Bertz CT molecular complexity index is 1160. The molecule has 0 radical (unpaired) electrons. The number of benzene rings is 1. The Morgan fingerprint density at radius 1 is 1.09 bits per heavy atom. The summed E-state index contributed by atoms with van der Waals surface area (Å²) in [5.41, 5.74) is 2.44. The molecule has 2 unspecified atom stereocenters. The van der Waals surface area contributed by atoms with Crippen molar-refractivity contribution in [2.75, 3.05) is 7.05 Å². The van der Waals surface area contributed by atoms with Crippen molar-refractivity contribution in [3.8, 4) is 11.4 Å². The lowest BCUT2D eigenvalue weighted by molar-refractivity contribution is 0.0653. The number of aromatic carboxylic acids is 1. The van der Waals surface area contributed by atoms with E-state index in [1.54, 1.807) is 10.7 Å². The summed E-state index contributed by atoms with van der Waals surface area (Å²) in [6.07, 6.45) is 7.86. The molecule has 2 aliphatic heterocycles. The van der Waals surface area contributed by atoms with Gasteiger partial charge in [-0.2, -0.15) is 5.10 Å². The molecule has 166 valence electrons. The molecular formula is C25H28N4O3. The van der Waals surface area contributed by atoms with Gasteiger partial charge in [0.15, 0.2) is 11.3 Å². The number of carboxylic acids is 1. The zero-order valence-corrected chi connectivity index (χ0v) is 18.3. The average molecular weight is 433 g/mol. The van der Waals surface area contributed by atoms with Gasteiger partial charge in [0.2, 0.25) is 0 Å². The molecule has 1 aliphatic carbocycles. The van der Waals surface area contributed by atoms with E-state index in [4.69, 9.17) is 9.84 Å². The van der Waals surface area contributed by atoms with Crippen molar-refractivity contribution in [1.82, 2.24) is 19.7 Å². The molecule has 3 fully saturated rings. The lowest BCUT2D eigenvalue weighted by Gasteiger charge is -2.36. The summed E-state index contributed by atoms with van der Waals surface area (Å²) in [6, 6.07) is 12.5. The van der Waals surface area contributed by atoms with Gasteiger partial charge in [-0.15, -0.1) is 0 Å². The molecule has 0 spiro atoms. The van der Waals surface area contributed by atoms with E-state index in [9.17, 15) is 9.90 Å². The number of nitrogens with zero attached hydrogens (tertiary/aromatic N) is 4. The lowest BCUT2D eigenvalue weighted by Crippen LogP contribution is -2.43. The van der Waals surface area contributed by atoms with Gasteiger partial charge in [-0.3, -0.25) is 0 Å². The topological polar surface area (TPSA) is 80.5 Å². The van der Waals surface area contributed by atoms with Gasteiger partial charge in [-0.05, 0) is 57.7 Å². The lowest BCUT2D eigenvalue weighted by atomic mass is 9.82. The summed E-state index contributed by atoms with van der Waals surface area (Å²) in [5.74, 6) is -0.0485. The summed E-state index contributed by atoms with van der Waals surface area (Å²) in [5, 5.41) is 15.6. The number of carboxylic acid groups (broad SMARTS) is 1. The number of ether oxygens (including phenoxy) is 1. The largest absolute Gasteiger partial charge is 0.489 e. The van der Waals surface area contributed by atoms with Crippen LogP contribution < -0.4 is 4.74 Å². The first-order chi connectivity index (χ1) is 15.6. The van der Waals surface area contributed by atoms with Crippen molar-refractivity contribution >= 4 is 17.0 Å². The minimum Gasteiger partial charge on any atom is -0.489 e. The molecule has 1 aromatic carbocycles. The number of rotatable bonds is 5. The van der Waals surface area contributed by atoms with Crippen LogP contribution in [-0.4, -0.2) is 56.0 Å². The van der Waals surface area contributed by atoms with Gasteiger partial charge in [0.05, 0.1) is 16.8 Å². The molecule has 2 aromatic heterocycles. The average Bonchev–Trinajstić information content (AvgIpc) is 3.20. The third kappa shape index (κ3) is 3.18. The van der Waals surface area contributed by atoms with Crippen molar-refractivity contribution in [3.05, 3.63) is 47.8 Å². The highest BCUT2D eigenvalue weighted by Crippen LogP contribution is 2.44. The van der Waals surface area contributed by atoms with Crippen LogP contribution in [0.15, 0.2) is 36.4 Å². The Hall–Kier alpha value is -2.93. The maximum absolute atomic E-state index is 11.9. The number of para-hydroxylation sites is 1. The Balaban J connectivity index is 1.49. The van der Waals surface area contributed by atoms with Gasteiger partial charge < -0.3 is 14.7 Å². The zero-order valence-electron chi connectivity index (χ0n) is 18.3. The second-order valence-corrected chi connectivity index (χ2v) is 9.53. The molecule has 7 nitrogen and oxygen atoms in total. The normalized spacial score (nSPS) is 25.7. The summed E-state index contributed by atoms with van der Waals surface area (Å²) in [6.45, 7) is 0. The smallest absolute Gasteiger partial charge is 0.354 e. The first-order valence-electron chi connectivity index (χ1n) is 11.7. The monoisotopic (exact) mass is 432 g/mol. The van der Waals surface area contributed by atoms with Crippen LogP contribution in [0.4, 0.5) is 0 Å². The Labute approximate surface area is 187 Å². The van der Waals surface area contributed by atoms with Gasteiger partial charge in [0.25, 0.3) is 0 Å². The highest BCUT2D eigenvalue weighted by Gasteiger charge is 2.40. The fourth-order valence-corrected chi connectivity index (χ4v) is 5.66.